The topological polar surface area (TPSA) is 26.3 Å². The molecule has 146 valence electrons. The molecule has 2 nitrogen and oxygen atoms in total. The number of carbonyl (C=O) groups excluding carboxylic acids is 1. The third kappa shape index (κ3) is 5.27. The Bertz CT molecular complexity index is 676. The molecular formula is C23H34O2Si2. The SMILES string of the molecule is CC(C)(C)[Si](CC(C=O)CO[Si](C)(C)C)(c1ccccc1)c1ccccc1. The first kappa shape index (κ1) is 21.8. The Morgan fingerprint density at radius 1 is 0.889 bits per heavy atom. The second kappa shape index (κ2) is 8.67. The van der Waals surface area contributed by atoms with Gasteiger partial charge in [-0.3, -0.25) is 0 Å². The van der Waals surface area contributed by atoms with E-state index in [1.165, 1.54) is 10.4 Å². The van der Waals surface area contributed by atoms with Crippen molar-refractivity contribution in [3.63, 3.8) is 0 Å². The number of benzene rings is 2. The Morgan fingerprint density at radius 2 is 1.33 bits per heavy atom. The summed E-state index contributed by atoms with van der Waals surface area (Å²) in [5.41, 5.74) is 0. The lowest BCUT2D eigenvalue weighted by atomic mass is 10.2. The molecule has 27 heavy (non-hydrogen) atoms. The van der Waals surface area contributed by atoms with Crippen LogP contribution in [0, 0.1) is 5.92 Å². The van der Waals surface area contributed by atoms with Crippen LogP contribution in [0.4, 0.5) is 0 Å². The summed E-state index contributed by atoms with van der Waals surface area (Å²) in [4.78, 5) is 12.0. The maximum absolute atomic E-state index is 12.0. The summed E-state index contributed by atoms with van der Waals surface area (Å²) >= 11 is 0. The first-order valence-electron chi connectivity index (χ1n) is 9.80. The molecule has 0 aliphatic carbocycles. The normalized spacial score (nSPS) is 14.0. The summed E-state index contributed by atoms with van der Waals surface area (Å²) in [5, 5.41) is 2.85. The van der Waals surface area contributed by atoms with Gasteiger partial charge in [0.15, 0.2) is 8.32 Å². The highest BCUT2D eigenvalue weighted by atomic mass is 28.4. The summed E-state index contributed by atoms with van der Waals surface area (Å²) in [6.07, 6.45) is 1.12. The van der Waals surface area contributed by atoms with Crippen LogP contribution in [0.1, 0.15) is 20.8 Å². The average molecular weight is 399 g/mol. The number of aldehydes is 1. The third-order valence-electron chi connectivity index (χ3n) is 5.30. The number of hydrogen-bond acceptors (Lipinski definition) is 2. The van der Waals surface area contributed by atoms with Crippen LogP contribution in [-0.4, -0.2) is 29.3 Å². The van der Waals surface area contributed by atoms with E-state index in [2.05, 4.69) is 101 Å². The van der Waals surface area contributed by atoms with Crippen LogP contribution < -0.4 is 10.4 Å². The van der Waals surface area contributed by atoms with E-state index in [1.54, 1.807) is 0 Å². The van der Waals surface area contributed by atoms with E-state index in [-0.39, 0.29) is 11.0 Å². The van der Waals surface area contributed by atoms with Gasteiger partial charge in [-0.15, -0.1) is 0 Å². The fourth-order valence-electron chi connectivity index (χ4n) is 3.92. The highest BCUT2D eigenvalue weighted by Gasteiger charge is 2.48. The number of carbonyl (C=O) groups is 1. The van der Waals surface area contributed by atoms with Gasteiger partial charge >= 0.3 is 0 Å². The van der Waals surface area contributed by atoms with Gasteiger partial charge in [0.1, 0.15) is 14.4 Å². The van der Waals surface area contributed by atoms with E-state index in [0.717, 1.165) is 12.3 Å². The molecule has 1 atom stereocenters. The van der Waals surface area contributed by atoms with Crippen molar-refractivity contribution in [3.05, 3.63) is 60.7 Å². The summed E-state index contributed by atoms with van der Waals surface area (Å²) in [7, 11) is -3.89. The molecule has 0 saturated heterocycles. The molecule has 0 heterocycles. The molecular weight excluding hydrogens is 364 g/mol. The molecule has 0 bridgehead atoms. The van der Waals surface area contributed by atoms with Crippen LogP contribution in [0.3, 0.4) is 0 Å². The average Bonchev–Trinajstić information content (AvgIpc) is 2.62. The fourth-order valence-corrected chi connectivity index (χ4v) is 10.3. The summed E-state index contributed by atoms with van der Waals surface area (Å²) in [5.74, 6) is -0.0805. The van der Waals surface area contributed by atoms with E-state index in [9.17, 15) is 4.79 Å². The predicted octanol–water partition coefficient (Wildman–Crippen LogP) is 4.72. The Morgan fingerprint density at radius 3 is 1.67 bits per heavy atom. The molecule has 0 aromatic heterocycles. The van der Waals surface area contributed by atoms with Gasteiger partial charge in [-0.2, -0.15) is 0 Å². The highest BCUT2D eigenvalue weighted by Crippen LogP contribution is 2.40. The van der Waals surface area contributed by atoms with Gasteiger partial charge in [0.05, 0.1) is 0 Å². The predicted molar refractivity (Wildman–Crippen MR) is 121 cm³/mol. The zero-order chi connectivity index (χ0) is 20.1. The van der Waals surface area contributed by atoms with Crippen LogP contribution in [0.5, 0.6) is 0 Å². The lowest BCUT2D eigenvalue weighted by Gasteiger charge is -2.45. The van der Waals surface area contributed by atoms with Crippen molar-refractivity contribution in [2.24, 2.45) is 5.92 Å². The minimum Gasteiger partial charge on any atom is -0.417 e. The Kier molecular flexibility index (Phi) is 7.00. The molecule has 0 amide bonds. The second-order valence-electron chi connectivity index (χ2n) is 9.41. The van der Waals surface area contributed by atoms with Gasteiger partial charge in [0, 0.05) is 12.5 Å². The molecule has 0 N–H and O–H groups in total. The molecule has 0 radical (unpaired) electrons. The molecule has 2 aromatic rings. The fraction of sp³-hybridized carbons (Fsp3) is 0.435. The number of hydrogen-bond donors (Lipinski definition) is 0. The van der Waals surface area contributed by atoms with E-state index >= 15 is 0 Å². The molecule has 0 aliphatic heterocycles. The molecule has 2 rings (SSSR count). The third-order valence-corrected chi connectivity index (χ3v) is 12.7. The molecule has 2 aromatic carbocycles. The zero-order valence-electron chi connectivity index (χ0n) is 17.7. The van der Waals surface area contributed by atoms with E-state index in [1.807, 2.05) is 0 Å². The summed E-state index contributed by atoms with van der Waals surface area (Å²) in [6.45, 7) is 14.1. The molecule has 4 heteroatoms. The second-order valence-corrected chi connectivity index (χ2v) is 18.8. The smallest absolute Gasteiger partial charge is 0.183 e. The minimum absolute atomic E-state index is 0.0656. The summed E-state index contributed by atoms with van der Waals surface area (Å²) in [6, 6.07) is 22.5. The van der Waals surface area contributed by atoms with Crippen LogP contribution in [0.25, 0.3) is 0 Å². The monoisotopic (exact) mass is 398 g/mol. The van der Waals surface area contributed by atoms with Crippen molar-refractivity contribution < 1.29 is 9.22 Å². The van der Waals surface area contributed by atoms with Gasteiger partial charge in [0.2, 0.25) is 0 Å². The molecule has 0 spiro atoms. The Balaban J connectivity index is 2.56. The first-order chi connectivity index (χ1) is 12.6. The molecule has 0 fully saturated rings. The number of rotatable bonds is 8. The Labute approximate surface area is 167 Å². The van der Waals surface area contributed by atoms with Crippen LogP contribution >= 0.6 is 0 Å². The van der Waals surface area contributed by atoms with Gasteiger partial charge < -0.3 is 9.22 Å². The van der Waals surface area contributed by atoms with Gasteiger partial charge in [-0.25, -0.2) is 0 Å². The van der Waals surface area contributed by atoms with Crippen LogP contribution in [0.2, 0.25) is 30.7 Å². The van der Waals surface area contributed by atoms with Crippen molar-refractivity contribution in [2.45, 2.75) is 51.5 Å². The van der Waals surface area contributed by atoms with Gasteiger partial charge in [-0.05, 0) is 30.7 Å². The maximum atomic E-state index is 12.0. The van der Waals surface area contributed by atoms with Crippen molar-refractivity contribution in [1.29, 1.82) is 0 Å². The quantitative estimate of drug-likeness (QED) is 0.475. The standard InChI is InChI=1S/C23H34O2Si2/c1-23(2,3)27(21-13-9-7-10-14-21,22-15-11-8-12-16-22)19-20(17-24)18-25-26(4,5)6/h7-17,20H,18-19H2,1-6H3. The van der Waals surface area contributed by atoms with Crippen molar-refractivity contribution >= 4 is 33.1 Å². The van der Waals surface area contributed by atoms with E-state index < -0.39 is 16.4 Å². The maximum Gasteiger partial charge on any atom is 0.183 e. The zero-order valence-corrected chi connectivity index (χ0v) is 19.7. The lowest BCUT2D eigenvalue weighted by Crippen LogP contribution is -2.65. The minimum atomic E-state index is -2.23. The highest BCUT2D eigenvalue weighted by molar-refractivity contribution is 7.04. The molecule has 1 unspecified atom stereocenters. The van der Waals surface area contributed by atoms with Crippen molar-refractivity contribution in [2.75, 3.05) is 6.61 Å². The lowest BCUT2D eigenvalue weighted by molar-refractivity contribution is -0.111. The van der Waals surface area contributed by atoms with Crippen LogP contribution in [-0.2, 0) is 9.22 Å². The molecule has 0 aliphatic rings. The van der Waals surface area contributed by atoms with Crippen molar-refractivity contribution in [1.82, 2.24) is 0 Å². The summed E-state index contributed by atoms with van der Waals surface area (Å²) < 4.78 is 6.14. The van der Waals surface area contributed by atoms with E-state index in [0.29, 0.717) is 6.61 Å². The molecule has 0 saturated carbocycles. The Hall–Kier alpha value is -1.50. The van der Waals surface area contributed by atoms with Crippen molar-refractivity contribution in [3.8, 4) is 0 Å². The van der Waals surface area contributed by atoms with Gasteiger partial charge in [0.25, 0.3) is 0 Å². The largest absolute Gasteiger partial charge is 0.417 e. The van der Waals surface area contributed by atoms with E-state index in [4.69, 9.17) is 4.43 Å². The van der Waals surface area contributed by atoms with Gasteiger partial charge in [-0.1, -0.05) is 91.8 Å². The first-order valence-corrected chi connectivity index (χ1v) is 15.4. The van der Waals surface area contributed by atoms with Crippen LogP contribution in [0.15, 0.2) is 60.7 Å².